The van der Waals surface area contributed by atoms with Crippen LogP contribution in [0, 0.1) is 0 Å². The predicted octanol–water partition coefficient (Wildman–Crippen LogP) is 0.927. The van der Waals surface area contributed by atoms with E-state index in [-0.39, 0.29) is 11.4 Å². The van der Waals surface area contributed by atoms with E-state index in [0.29, 0.717) is 12.6 Å². The molecule has 1 aliphatic rings. The van der Waals surface area contributed by atoms with E-state index in [4.69, 9.17) is 0 Å². The molecule has 17 heavy (non-hydrogen) atoms. The van der Waals surface area contributed by atoms with Crippen molar-refractivity contribution < 1.29 is 4.79 Å². The summed E-state index contributed by atoms with van der Waals surface area (Å²) in [5.41, 5.74) is -0.000142. The molecule has 1 saturated heterocycles. The number of carbonyl (C=O) groups is 1. The van der Waals surface area contributed by atoms with Crippen LogP contribution in [0.4, 0.5) is 0 Å². The van der Waals surface area contributed by atoms with Crippen molar-refractivity contribution in [2.24, 2.45) is 0 Å². The van der Waals surface area contributed by atoms with Crippen LogP contribution < -0.4 is 5.32 Å². The van der Waals surface area contributed by atoms with E-state index in [0.717, 1.165) is 19.5 Å². The second kappa shape index (κ2) is 5.83. The topological polar surface area (TPSA) is 35.6 Å². The molecule has 1 fully saturated rings. The SMILES string of the molecule is CN1CCCC(N(C)C(=O)CNC(C)(C)C)C1. The number of nitrogens with one attached hydrogen (secondary N) is 1. The number of likely N-dealkylation sites (N-methyl/N-ethyl adjacent to an activating group) is 2. The Labute approximate surface area is 105 Å². The molecule has 4 nitrogen and oxygen atoms in total. The zero-order valence-electron chi connectivity index (χ0n) is 11.9. The zero-order chi connectivity index (χ0) is 13.1. The maximum absolute atomic E-state index is 12.0. The fraction of sp³-hybridized carbons (Fsp3) is 0.923. The Bertz CT molecular complexity index is 260. The molecule has 1 amide bonds. The standard InChI is InChI=1S/C13H27N3O/c1-13(2,3)14-9-12(17)16(5)11-7-6-8-15(4)10-11/h11,14H,6-10H2,1-5H3. The highest BCUT2D eigenvalue weighted by Crippen LogP contribution is 2.13. The highest BCUT2D eigenvalue weighted by Gasteiger charge is 2.24. The summed E-state index contributed by atoms with van der Waals surface area (Å²) in [5, 5.41) is 3.25. The minimum Gasteiger partial charge on any atom is -0.340 e. The van der Waals surface area contributed by atoms with Crippen LogP contribution in [0.3, 0.4) is 0 Å². The number of piperidine rings is 1. The number of rotatable bonds is 3. The third-order valence-corrected chi connectivity index (χ3v) is 3.31. The molecule has 0 spiro atoms. The number of likely N-dealkylation sites (tertiary alicyclic amines) is 1. The highest BCUT2D eigenvalue weighted by molar-refractivity contribution is 5.78. The normalized spacial score (nSPS) is 22.5. The molecule has 1 N–H and O–H groups in total. The lowest BCUT2D eigenvalue weighted by Crippen LogP contribution is -2.51. The Hall–Kier alpha value is -0.610. The van der Waals surface area contributed by atoms with Gasteiger partial charge in [0.25, 0.3) is 0 Å². The van der Waals surface area contributed by atoms with Crippen LogP contribution in [0.25, 0.3) is 0 Å². The number of hydrogen-bond donors (Lipinski definition) is 1. The number of carbonyl (C=O) groups excluding carboxylic acids is 1. The maximum atomic E-state index is 12.0. The molecular weight excluding hydrogens is 214 g/mol. The van der Waals surface area contributed by atoms with Gasteiger partial charge in [-0.1, -0.05) is 0 Å². The van der Waals surface area contributed by atoms with Gasteiger partial charge in [0.05, 0.1) is 6.54 Å². The molecule has 100 valence electrons. The van der Waals surface area contributed by atoms with Gasteiger partial charge in [-0.2, -0.15) is 0 Å². The summed E-state index contributed by atoms with van der Waals surface area (Å²) in [6, 6.07) is 0.378. The van der Waals surface area contributed by atoms with Crippen molar-refractivity contribution in [3.05, 3.63) is 0 Å². The maximum Gasteiger partial charge on any atom is 0.236 e. The van der Waals surface area contributed by atoms with Crippen LogP contribution in [0.2, 0.25) is 0 Å². The summed E-state index contributed by atoms with van der Waals surface area (Å²) in [6.07, 6.45) is 2.31. The minimum atomic E-state index is -0.000142. The third kappa shape index (κ3) is 5.04. The monoisotopic (exact) mass is 241 g/mol. The first-order valence-corrected chi connectivity index (χ1v) is 6.49. The molecule has 1 atom stereocenters. The number of amides is 1. The van der Waals surface area contributed by atoms with E-state index in [1.165, 1.54) is 6.42 Å². The lowest BCUT2D eigenvalue weighted by Gasteiger charge is -2.36. The fourth-order valence-corrected chi connectivity index (χ4v) is 2.12. The third-order valence-electron chi connectivity index (χ3n) is 3.31. The van der Waals surface area contributed by atoms with Crippen LogP contribution >= 0.6 is 0 Å². The van der Waals surface area contributed by atoms with E-state index >= 15 is 0 Å². The molecule has 0 saturated carbocycles. The Morgan fingerprint density at radius 3 is 2.65 bits per heavy atom. The number of nitrogens with zero attached hydrogens (tertiary/aromatic N) is 2. The fourth-order valence-electron chi connectivity index (χ4n) is 2.12. The highest BCUT2D eigenvalue weighted by atomic mass is 16.2. The van der Waals surface area contributed by atoms with E-state index in [1.54, 1.807) is 0 Å². The van der Waals surface area contributed by atoms with Crippen LogP contribution in [0.15, 0.2) is 0 Å². The van der Waals surface area contributed by atoms with Crippen molar-refractivity contribution in [2.45, 2.75) is 45.2 Å². The molecule has 0 aromatic rings. The van der Waals surface area contributed by atoms with Crippen molar-refractivity contribution >= 4 is 5.91 Å². The van der Waals surface area contributed by atoms with Gasteiger partial charge < -0.3 is 15.1 Å². The van der Waals surface area contributed by atoms with Gasteiger partial charge in [-0.05, 0) is 47.2 Å². The van der Waals surface area contributed by atoms with Gasteiger partial charge in [-0.3, -0.25) is 4.79 Å². The summed E-state index contributed by atoms with van der Waals surface area (Å²) in [5.74, 6) is 0.195. The van der Waals surface area contributed by atoms with Crippen LogP contribution in [0.5, 0.6) is 0 Å². The first kappa shape index (κ1) is 14.5. The summed E-state index contributed by atoms with van der Waals surface area (Å²) < 4.78 is 0. The van der Waals surface area contributed by atoms with Crippen molar-refractivity contribution in [2.75, 3.05) is 33.7 Å². The average Bonchev–Trinajstić information content (AvgIpc) is 2.24. The number of hydrogen-bond acceptors (Lipinski definition) is 3. The van der Waals surface area contributed by atoms with Crippen molar-refractivity contribution in [3.8, 4) is 0 Å². The Morgan fingerprint density at radius 1 is 1.47 bits per heavy atom. The van der Waals surface area contributed by atoms with Gasteiger partial charge in [-0.15, -0.1) is 0 Å². The van der Waals surface area contributed by atoms with Gasteiger partial charge in [0.1, 0.15) is 0 Å². The predicted molar refractivity (Wildman–Crippen MR) is 71.0 cm³/mol. The molecule has 0 bridgehead atoms. The van der Waals surface area contributed by atoms with Crippen LogP contribution in [0.1, 0.15) is 33.6 Å². The quantitative estimate of drug-likeness (QED) is 0.798. The molecule has 4 heteroatoms. The van der Waals surface area contributed by atoms with Gasteiger partial charge in [0.2, 0.25) is 5.91 Å². The molecule has 1 heterocycles. The molecule has 1 unspecified atom stereocenters. The zero-order valence-corrected chi connectivity index (χ0v) is 11.9. The summed E-state index contributed by atoms with van der Waals surface area (Å²) in [6.45, 7) is 8.81. The van der Waals surface area contributed by atoms with Gasteiger partial charge in [0, 0.05) is 25.2 Å². The van der Waals surface area contributed by atoms with Crippen molar-refractivity contribution in [1.82, 2.24) is 15.1 Å². The second-order valence-corrected chi connectivity index (χ2v) is 6.17. The van der Waals surface area contributed by atoms with E-state index in [1.807, 2.05) is 11.9 Å². The first-order chi connectivity index (χ1) is 7.79. The minimum absolute atomic E-state index is 0.000142. The molecule has 0 aromatic heterocycles. The smallest absolute Gasteiger partial charge is 0.236 e. The lowest BCUT2D eigenvalue weighted by molar-refractivity contribution is -0.132. The van der Waals surface area contributed by atoms with Crippen molar-refractivity contribution in [3.63, 3.8) is 0 Å². The Morgan fingerprint density at radius 2 is 2.12 bits per heavy atom. The van der Waals surface area contributed by atoms with E-state index in [9.17, 15) is 4.79 Å². The van der Waals surface area contributed by atoms with Gasteiger partial charge in [0.15, 0.2) is 0 Å². The first-order valence-electron chi connectivity index (χ1n) is 6.49. The van der Waals surface area contributed by atoms with E-state index < -0.39 is 0 Å². The largest absolute Gasteiger partial charge is 0.340 e. The molecule has 0 aromatic carbocycles. The molecule has 0 aliphatic carbocycles. The molecule has 1 aliphatic heterocycles. The Kier molecular flexibility index (Phi) is 4.95. The molecule has 0 radical (unpaired) electrons. The lowest BCUT2D eigenvalue weighted by atomic mass is 10.0. The van der Waals surface area contributed by atoms with Gasteiger partial charge in [-0.25, -0.2) is 0 Å². The van der Waals surface area contributed by atoms with Gasteiger partial charge >= 0.3 is 0 Å². The molecule has 1 rings (SSSR count). The second-order valence-electron chi connectivity index (χ2n) is 6.17. The average molecular weight is 241 g/mol. The van der Waals surface area contributed by atoms with Crippen molar-refractivity contribution in [1.29, 1.82) is 0 Å². The summed E-state index contributed by atoms with van der Waals surface area (Å²) >= 11 is 0. The molecular formula is C13H27N3O. The van der Waals surface area contributed by atoms with Crippen LogP contribution in [-0.2, 0) is 4.79 Å². The summed E-state index contributed by atoms with van der Waals surface area (Å²) in [7, 11) is 4.05. The van der Waals surface area contributed by atoms with E-state index in [2.05, 4.69) is 38.0 Å². The summed E-state index contributed by atoms with van der Waals surface area (Å²) in [4.78, 5) is 16.3. The van der Waals surface area contributed by atoms with Crippen LogP contribution in [-0.4, -0.2) is 61.0 Å². The Balaban J connectivity index is 2.40.